The largest absolute Gasteiger partial charge is 0.480 e. The lowest BCUT2D eigenvalue weighted by Crippen LogP contribution is -2.02. The Morgan fingerprint density at radius 2 is 2.25 bits per heavy atom. The van der Waals surface area contributed by atoms with Gasteiger partial charge in [0.2, 0.25) is 5.88 Å². The van der Waals surface area contributed by atoms with Crippen molar-refractivity contribution in [3.05, 3.63) is 17.8 Å². The Hall–Kier alpha value is -1.16. The average Bonchev–Trinajstić information content (AvgIpc) is 2.15. The Labute approximate surface area is 71.8 Å². The maximum atomic E-state index is 5.36. The summed E-state index contributed by atoms with van der Waals surface area (Å²) < 4.78 is 4.88. The summed E-state index contributed by atoms with van der Waals surface area (Å²) in [7, 11) is 1.57. The lowest BCUT2D eigenvalue weighted by molar-refractivity contribution is 0.391. The lowest BCUT2D eigenvalue weighted by Gasteiger charge is -1.99. The van der Waals surface area contributed by atoms with Crippen molar-refractivity contribution >= 4 is 0 Å². The van der Waals surface area contributed by atoms with Gasteiger partial charge in [-0.25, -0.2) is 0 Å². The van der Waals surface area contributed by atoms with E-state index in [2.05, 4.69) is 10.2 Å². The van der Waals surface area contributed by atoms with Crippen LogP contribution in [0.1, 0.15) is 12.1 Å². The molecule has 1 rings (SSSR count). The van der Waals surface area contributed by atoms with Crippen LogP contribution in [0.5, 0.6) is 5.88 Å². The molecule has 0 radical (unpaired) electrons. The van der Waals surface area contributed by atoms with Crippen LogP contribution in [0.3, 0.4) is 0 Å². The van der Waals surface area contributed by atoms with Gasteiger partial charge < -0.3 is 10.5 Å². The number of ether oxygens (including phenoxy) is 1. The van der Waals surface area contributed by atoms with E-state index in [9.17, 15) is 0 Å². The summed E-state index contributed by atoms with van der Waals surface area (Å²) in [6.45, 7) is 0.688. The van der Waals surface area contributed by atoms with Crippen LogP contribution in [0.4, 0.5) is 0 Å². The fourth-order valence-electron chi connectivity index (χ4n) is 0.873. The van der Waals surface area contributed by atoms with Gasteiger partial charge in [-0.05, 0) is 25.5 Å². The highest BCUT2D eigenvalue weighted by atomic mass is 16.5. The molecule has 0 aliphatic carbocycles. The molecule has 0 fully saturated rings. The minimum atomic E-state index is 0.548. The molecule has 0 spiro atoms. The highest BCUT2D eigenvalue weighted by Gasteiger charge is 1.95. The molecule has 0 saturated carbocycles. The van der Waals surface area contributed by atoms with Gasteiger partial charge in [0.1, 0.15) is 0 Å². The zero-order valence-corrected chi connectivity index (χ0v) is 7.16. The van der Waals surface area contributed by atoms with Gasteiger partial charge in [-0.15, -0.1) is 5.10 Å². The fraction of sp³-hybridized carbons (Fsp3) is 0.500. The van der Waals surface area contributed by atoms with Crippen LogP contribution < -0.4 is 10.5 Å². The number of aryl methyl sites for hydroxylation is 1. The normalized spacial score (nSPS) is 9.83. The van der Waals surface area contributed by atoms with E-state index in [0.29, 0.717) is 12.4 Å². The van der Waals surface area contributed by atoms with Crippen molar-refractivity contribution < 1.29 is 4.74 Å². The second kappa shape index (κ2) is 4.66. The topological polar surface area (TPSA) is 61.0 Å². The standard InChI is InChI=1S/C8H13N3O/c1-12-8-5-4-7(10-11-8)3-2-6-9/h4-5H,2-3,6,9H2,1H3. The van der Waals surface area contributed by atoms with Gasteiger partial charge in [-0.1, -0.05) is 0 Å². The second-order valence-corrected chi connectivity index (χ2v) is 2.46. The number of nitrogens with zero attached hydrogens (tertiary/aromatic N) is 2. The lowest BCUT2D eigenvalue weighted by atomic mass is 10.2. The first-order valence-electron chi connectivity index (χ1n) is 3.93. The highest BCUT2D eigenvalue weighted by molar-refractivity contribution is 5.11. The van der Waals surface area contributed by atoms with Crippen LogP contribution in [-0.2, 0) is 6.42 Å². The van der Waals surface area contributed by atoms with Crippen molar-refractivity contribution in [3.63, 3.8) is 0 Å². The van der Waals surface area contributed by atoms with Crippen molar-refractivity contribution in [1.29, 1.82) is 0 Å². The molecule has 4 nitrogen and oxygen atoms in total. The Kier molecular flexibility index (Phi) is 3.47. The maximum Gasteiger partial charge on any atom is 0.233 e. The summed E-state index contributed by atoms with van der Waals surface area (Å²) in [6, 6.07) is 3.71. The van der Waals surface area contributed by atoms with Crippen molar-refractivity contribution in [2.45, 2.75) is 12.8 Å². The van der Waals surface area contributed by atoms with Crippen molar-refractivity contribution in [2.24, 2.45) is 5.73 Å². The van der Waals surface area contributed by atoms with Gasteiger partial charge in [0, 0.05) is 6.07 Å². The van der Waals surface area contributed by atoms with Crippen molar-refractivity contribution in [2.75, 3.05) is 13.7 Å². The number of rotatable bonds is 4. The smallest absolute Gasteiger partial charge is 0.233 e. The first-order chi connectivity index (χ1) is 5.86. The summed E-state index contributed by atoms with van der Waals surface area (Å²) in [5.41, 5.74) is 6.32. The van der Waals surface area contributed by atoms with Crippen LogP contribution in [0.2, 0.25) is 0 Å². The molecule has 1 aromatic heterocycles. The van der Waals surface area contributed by atoms with E-state index in [1.165, 1.54) is 0 Å². The third-order valence-electron chi connectivity index (χ3n) is 1.54. The van der Waals surface area contributed by atoms with E-state index < -0.39 is 0 Å². The van der Waals surface area contributed by atoms with Gasteiger partial charge in [0.15, 0.2) is 0 Å². The van der Waals surface area contributed by atoms with Gasteiger partial charge in [0.05, 0.1) is 12.8 Å². The molecule has 0 bridgehead atoms. The van der Waals surface area contributed by atoms with Crippen LogP contribution in [0, 0.1) is 0 Å². The van der Waals surface area contributed by atoms with E-state index >= 15 is 0 Å². The molecule has 0 amide bonds. The Morgan fingerprint density at radius 1 is 1.42 bits per heavy atom. The number of aromatic nitrogens is 2. The van der Waals surface area contributed by atoms with Crippen LogP contribution in [0.15, 0.2) is 12.1 Å². The summed E-state index contributed by atoms with van der Waals surface area (Å²) in [5, 5.41) is 7.79. The summed E-state index contributed by atoms with van der Waals surface area (Å²) >= 11 is 0. The van der Waals surface area contributed by atoms with Gasteiger partial charge >= 0.3 is 0 Å². The zero-order valence-electron chi connectivity index (χ0n) is 7.16. The van der Waals surface area contributed by atoms with Crippen molar-refractivity contribution in [3.8, 4) is 5.88 Å². The Morgan fingerprint density at radius 3 is 2.75 bits per heavy atom. The molecular formula is C8H13N3O. The number of methoxy groups -OCH3 is 1. The van der Waals surface area contributed by atoms with E-state index in [-0.39, 0.29) is 0 Å². The molecule has 66 valence electrons. The Balaban J connectivity index is 2.53. The third kappa shape index (κ3) is 2.47. The molecule has 0 unspecified atom stereocenters. The summed E-state index contributed by atoms with van der Waals surface area (Å²) in [6.07, 6.45) is 1.83. The molecule has 0 aliphatic heterocycles. The van der Waals surface area contributed by atoms with Crippen LogP contribution in [-0.4, -0.2) is 23.9 Å². The number of hydrogen-bond acceptors (Lipinski definition) is 4. The Bertz CT molecular complexity index is 222. The van der Waals surface area contributed by atoms with Crippen molar-refractivity contribution in [1.82, 2.24) is 10.2 Å². The molecule has 2 N–H and O–H groups in total. The molecule has 0 saturated heterocycles. The molecule has 0 atom stereocenters. The van der Waals surface area contributed by atoms with Gasteiger partial charge in [-0.3, -0.25) is 0 Å². The van der Waals surface area contributed by atoms with Crippen LogP contribution >= 0.6 is 0 Å². The minimum absolute atomic E-state index is 0.548. The zero-order chi connectivity index (χ0) is 8.81. The van der Waals surface area contributed by atoms with E-state index in [4.69, 9.17) is 10.5 Å². The maximum absolute atomic E-state index is 5.36. The predicted octanol–water partition coefficient (Wildman–Crippen LogP) is 0.376. The molecule has 0 aliphatic rings. The molecular weight excluding hydrogens is 154 g/mol. The number of hydrogen-bond donors (Lipinski definition) is 1. The second-order valence-electron chi connectivity index (χ2n) is 2.46. The van der Waals surface area contributed by atoms with E-state index in [1.807, 2.05) is 6.07 Å². The predicted molar refractivity (Wildman–Crippen MR) is 46.0 cm³/mol. The third-order valence-corrected chi connectivity index (χ3v) is 1.54. The SMILES string of the molecule is COc1ccc(CCCN)nn1. The molecule has 1 heterocycles. The van der Waals surface area contributed by atoms with Crippen LogP contribution in [0.25, 0.3) is 0 Å². The highest BCUT2D eigenvalue weighted by Crippen LogP contribution is 2.04. The summed E-state index contributed by atoms with van der Waals surface area (Å²) in [5.74, 6) is 0.548. The monoisotopic (exact) mass is 167 g/mol. The molecule has 0 aromatic carbocycles. The van der Waals surface area contributed by atoms with Gasteiger partial charge in [0.25, 0.3) is 0 Å². The van der Waals surface area contributed by atoms with E-state index in [0.717, 1.165) is 18.5 Å². The number of nitrogens with two attached hydrogens (primary N) is 1. The quantitative estimate of drug-likeness (QED) is 0.704. The first kappa shape index (κ1) is 8.93. The molecule has 1 aromatic rings. The van der Waals surface area contributed by atoms with Gasteiger partial charge in [-0.2, -0.15) is 5.10 Å². The summed E-state index contributed by atoms with van der Waals surface area (Å²) in [4.78, 5) is 0. The average molecular weight is 167 g/mol. The minimum Gasteiger partial charge on any atom is -0.480 e. The molecule has 4 heteroatoms. The fourth-order valence-corrected chi connectivity index (χ4v) is 0.873. The molecule has 12 heavy (non-hydrogen) atoms. The first-order valence-corrected chi connectivity index (χ1v) is 3.93. The van der Waals surface area contributed by atoms with E-state index in [1.54, 1.807) is 13.2 Å².